The Morgan fingerprint density at radius 3 is 2.45 bits per heavy atom. The van der Waals surface area contributed by atoms with E-state index < -0.39 is 5.97 Å². The number of carboxylic acids is 1. The number of fused-ring (bicyclic) bond motifs is 5. The molecule has 0 spiro atoms. The number of β-amino-alcohol motifs (C(OH)–C–C–N with tert-alkyl or cyclic N) is 1. The molecule has 9 atom stereocenters. The van der Waals surface area contributed by atoms with Gasteiger partial charge in [-0.15, -0.1) is 0 Å². The molecule has 5 aliphatic rings. The summed E-state index contributed by atoms with van der Waals surface area (Å²) in [5.41, 5.74) is 5.38. The van der Waals surface area contributed by atoms with Crippen LogP contribution in [0.3, 0.4) is 0 Å². The van der Waals surface area contributed by atoms with E-state index in [0.717, 1.165) is 25.2 Å². The molecule has 42 heavy (non-hydrogen) atoms. The van der Waals surface area contributed by atoms with Crippen LogP contribution in [0.1, 0.15) is 125 Å². The van der Waals surface area contributed by atoms with Gasteiger partial charge in [-0.05, 0) is 141 Å². The van der Waals surface area contributed by atoms with Crippen molar-refractivity contribution in [2.75, 3.05) is 13.2 Å². The molecule has 5 aliphatic carbocycles. The smallest absolute Gasteiger partial charge is 0.306 e. The zero-order valence-electron chi connectivity index (χ0n) is 27.7. The Balaban J connectivity index is 1.43. The minimum absolute atomic E-state index is 0.167. The summed E-state index contributed by atoms with van der Waals surface area (Å²) >= 11 is 0. The number of carboxylic acid groups (broad SMARTS) is 1. The fourth-order valence-corrected chi connectivity index (χ4v) is 11.8. The van der Waals surface area contributed by atoms with Gasteiger partial charge >= 0.3 is 5.97 Å². The second-order valence-corrected chi connectivity index (χ2v) is 16.5. The third kappa shape index (κ3) is 5.19. The van der Waals surface area contributed by atoms with Crippen LogP contribution in [0.2, 0.25) is 0 Å². The highest BCUT2D eigenvalue weighted by atomic mass is 16.4. The zero-order chi connectivity index (χ0) is 30.5. The molecule has 4 nitrogen and oxygen atoms in total. The Morgan fingerprint density at radius 1 is 1.07 bits per heavy atom. The maximum absolute atomic E-state index is 11.5. The van der Waals surface area contributed by atoms with Crippen LogP contribution in [0, 0.1) is 51.8 Å². The quantitative estimate of drug-likeness (QED) is 0.239. The van der Waals surface area contributed by atoms with Crippen molar-refractivity contribution < 1.29 is 15.0 Å². The predicted molar refractivity (Wildman–Crippen MR) is 173 cm³/mol. The van der Waals surface area contributed by atoms with Crippen LogP contribution in [0.15, 0.2) is 35.5 Å². The highest BCUT2D eigenvalue weighted by Crippen LogP contribution is 2.73. The lowest BCUT2D eigenvalue weighted by Gasteiger charge is -2.70. The third-order valence-corrected chi connectivity index (χ3v) is 14.2. The molecule has 0 heterocycles. The number of aliphatic hydroxyl groups is 1. The number of rotatable bonds is 9. The number of hydrogen-bond acceptors (Lipinski definition) is 3. The molecule has 0 aromatic heterocycles. The lowest BCUT2D eigenvalue weighted by atomic mass is 9.36. The van der Waals surface area contributed by atoms with Gasteiger partial charge in [0.05, 0.1) is 12.5 Å². The van der Waals surface area contributed by atoms with Crippen molar-refractivity contribution >= 4 is 5.97 Å². The van der Waals surface area contributed by atoms with E-state index in [9.17, 15) is 15.0 Å². The van der Waals surface area contributed by atoms with Crippen molar-refractivity contribution in [1.82, 2.24) is 5.32 Å². The summed E-state index contributed by atoms with van der Waals surface area (Å²) in [7, 11) is 0. The summed E-state index contributed by atoms with van der Waals surface area (Å²) in [5.74, 6) is 2.26. The van der Waals surface area contributed by atoms with E-state index in [1.807, 2.05) is 0 Å². The minimum atomic E-state index is -0.644. The number of aliphatic carboxylic acids is 1. The second kappa shape index (κ2) is 11.8. The molecule has 3 N–H and O–H groups in total. The number of hydrogen-bond donors (Lipinski definition) is 3. The van der Waals surface area contributed by atoms with Gasteiger partial charge in [0.1, 0.15) is 0 Å². The first kappa shape index (κ1) is 32.0. The summed E-state index contributed by atoms with van der Waals surface area (Å²) in [4.78, 5) is 11.5. The van der Waals surface area contributed by atoms with Crippen molar-refractivity contribution in [2.45, 2.75) is 131 Å². The van der Waals surface area contributed by atoms with Gasteiger partial charge in [-0.25, -0.2) is 0 Å². The average molecular weight is 580 g/mol. The molecule has 236 valence electrons. The predicted octanol–water partition coefficient (Wildman–Crippen LogP) is 8.72. The number of allylic oxidation sites excluding steroid dienone is 5. The van der Waals surface area contributed by atoms with E-state index >= 15 is 0 Å². The van der Waals surface area contributed by atoms with Crippen LogP contribution in [-0.4, -0.2) is 34.9 Å². The summed E-state index contributed by atoms with van der Waals surface area (Å²) in [6, 6.07) is 0. The molecule has 0 amide bonds. The first-order chi connectivity index (χ1) is 19.8. The summed E-state index contributed by atoms with van der Waals surface area (Å²) in [6.07, 6.45) is 20.0. The maximum Gasteiger partial charge on any atom is 0.306 e. The van der Waals surface area contributed by atoms with Crippen LogP contribution in [0.25, 0.3) is 0 Å². The fourth-order valence-electron chi connectivity index (χ4n) is 11.8. The van der Waals surface area contributed by atoms with Gasteiger partial charge < -0.3 is 15.5 Å². The van der Waals surface area contributed by atoms with E-state index in [1.54, 1.807) is 0 Å². The van der Waals surface area contributed by atoms with Gasteiger partial charge in [-0.3, -0.25) is 4.79 Å². The molecule has 0 aromatic rings. The Morgan fingerprint density at radius 2 is 1.83 bits per heavy atom. The van der Waals surface area contributed by atoms with Crippen molar-refractivity contribution in [3.63, 3.8) is 0 Å². The average Bonchev–Trinajstić information content (AvgIpc) is 3.33. The second-order valence-electron chi connectivity index (χ2n) is 16.5. The Kier molecular flexibility index (Phi) is 9.03. The molecule has 0 saturated heterocycles. The van der Waals surface area contributed by atoms with Gasteiger partial charge in [-0.1, -0.05) is 65.3 Å². The topological polar surface area (TPSA) is 69.6 Å². The molecular formula is C38H61NO3. The molecule has 9 unspecified atom stereocenters. The zero-order valence-corrected chi connectivity index (χ0v) is 27.7. The van der Waals surface area contributed by atoms with Crippen molar-refractivity contribution in [3.8, 4) is 0 Å². The van der Waals surface area contributed by atoms with Gasteiger partial charge in [0, 0.05) is 12.1 Å². The molecule has 0 aromatic carbocycles. The van der Waals surface area contributed by atoms with E-state index in [-0.39, 0.29) is 18.1 Å². The normalized spacial score (nSPS) is 43.8. The van der Waals surface area contributed by atoms with Crippen molar-refractivity contribution in [3.05, 3.63) is 35.5 Å². The number of carbonyl (C=O) groups is 1. The standard InChI is InChI=1S/C38H61NO3/c1-25(2)29(27-9-11-28(12-10-27)34(41)42)15-19-35(5)17-8-18-37(7)32(35)14-13-31-33-30(26(3)4)16-20-38(33,39-23-24-40)22-21-36(31,37)6/h9,15,25,28,30-33,39-40H,3,8,10-14,16-24H2,1-2,4-7H3,(H,41,42). The highest BCUT2D eigenvalue weighted by Gasteiger charge is 2.68. The van der Waals surface area contributed by atoms with Gasteiger partial charge in [0.2, 0.25) is 0 Å². The van der Waals surface area contributed by atoms with Gasteiger partial charge in [0.15, 0.2) is 0 Å². The molecule has 0 bridgehead atoms. The van der Waals surface area contributed by atoms with Crippen LogP contribution in [-0.2, 0) is 4.79 Å². The van der Waals surface area contributed by atoms with E-state index in [4.69, 9.17) is 0 Å². The minimum Gasteiger partial charge on any atom is -0.481 e. The van der Waals surface area contributed by atoms with Crippen molar-refractivity contribution in [1.29, 1.82) is 0 Å². The summed E-state index contributed by atoms with van der Waals surface area (Å²) in [5, 5.41) is 23.2. The Bertz CT molecular complexity index is 1110. The molecule has 0 aliphatic heterocycles. The molecule has 4 heteroatoms. The molecule has 0 radical (unpaired) electrons. The van der Waals surface area contributed by atoms with Gasteiger partial charge in [0.25, 0.3) is 0 Å². The van der Waals surface area contributed by atoms with E-state index in [0.29, 0.717) is 52.9 Å². The Labute approximate surface area is 256 Å². The van der Waals surface area contributed by atoms with Gasteiger partial charge in [-0.2, -0.15) is 0 Å². The SMILES string of the molecule is C=C(C)C1CCC2(NCCO)CCC3(C)C(CCC4C(C)(CC=C(C5=CCC(C(=O)O)CC5)C(C)C)CCCC43C)C12. The Hall–Kier alpha value is -1.39. The lowest BCUT2D eigenvalue weighted by molar-refractivity contribution is -0.197. The van der Waals surface area contributed by atoms with Crippen LogP contribution in [0.4, 0.5) is 0 Å². The van der Waals surface area contributed by atoms with Crippen LogP contribution < -0.4 is 5.32 Å². The number of nitrogens with one attached hydrogen (secondary N) is 1. The van der Waals surface area contributed by atoms with Crippen LogP contribution in [0.5, 0.6) is 0 Å². The van der Waals surface area contributed by atoms with Crippen molar-refractivity contribution in [2.24, 2.45) is 51.8 Å². The summed E-state index contributed by atoms with van der Waals surface area (Å²) < 4.78 is 0. The third-order valence-electron chi connectivity index (χ3n) is 14.2. The molecule has 4 fully saturated rings. The lowest BCUT2D eigenvalue weighted by Crippen LogP contribution is -2.66. The first-order valence-electron chi connectivity index (χ1n) is 17.5. The number of aliphatic hydroxyl groups excluding tert-OH is 1. The van der Waals surface area contributed by atoms with Crippen LogP contribution >= 0.6 is 0 Å². The largest absolute Gasteiger partial charge is 0.481 e. The molecule has 5 rings (SSSR count). The fraction of sp³-hybridized carbons (Fsp3) is 0.816. The monoisotopic (exact) mass is 579 g/mol. The van der Waals surface area contributed by atoms with E-state index in [1.165, 1.54) is 74.5 Å². The molecule has 4 saturated carbocycles. The summed E-state index contributed by atoms with van der Waals surface area (Å²) in [6.45, 7) is 20.3. The van der Waals surface area contributed by atoms with E-state index in [2.05, 4.69) is 65.6 Å². The first-order valence-corrected chi connectivity index (χ1v) is 17.5. The molecular weight excluding hydrogens is 518 g/mol. The maximum atomic E-state index is 11.5. The highest BCUT2D eigenvalue weighted by molar-refractivity contribution is 5.70.